The van der Waals surface area contributed by atoms with E-state index in [1.807, 2.05) is 12.1 Å². The summed E-state index contributed by atoms with van der Waals surface area (Å²) in [6.45, 7) is 2.87. The molecule has 1 atom stereocenters. The first-order valence-corrected chi connectivity index (χ1v) is 6.42. The minimum atomic E-state index is 0.300. The van der Waals surface area contributed by atoms with E-state index in [1.165, 1.54) is 12.8 Å². The largest absolute Gasteiger partial charge is 0.469 e. The van der Waals surface area contributed by atoms with Crippen molar-refractivity contribution >= 4 is 0 Å². The Kier molecular flexibility index (Phi) is 4.59. The van der Waals surface area contributed by atoms with Crippen molar-refractivity contribution in [1.82, 2.24) is 5.43 Å². The zero-order chi connectivity index (χ0) is 12.1. The van der Waals surface area contributed by atoms with Gasteiger partial charge in [0.25, 0.3) is 0 Å². The van der Waals surface area contributed by atoms with Crippen LogP contribution in [0.2, 0.25) is 0 Å². The van der Waals surface area contributed by atoms with Gasteiger partial charge in [-0.25, -0.2) is 0 Å². The Morgan fingerprint density at radius 1 is 1.59 bits per heavy atom. The number of hydrogen-bond donors (Lipinski definition) is 2. The van der Waals surface area contributed by atoms with Gasteiger partial charge in [0.05, 0.1) is 12.4 Å². The van der Waals surface area contributed by atoms with E-state index in [4.69, 9.17) is 15.0 Å². The Balaban J connectivity index is 1.70. The Morgan fingerprint density at radius 3 is 3.00 bits per heavy atom. The van der Waals surface area contributed by atoms with Gasteiger partial charge in [0.1, 0.15) is 5.76 Å². The van der Waals surface area contributed by atoms with Crippen LogP contribution in [-0.4, -0.2) is 18.8 Å². The van der Waals surface area contributed by atoms with E-state index in [-0.39, 0.29) is 0 Å². The zero-order valence-corrected chi connectivity index (χ0v) is 10.4. The summed E-state index contributed by atoms with van der Waals surface area (Å²) in [7, 11) is 0. The molecule has 0 aliphatic heterocycles. The monoisotopic (exact) mass is 238 g/mol. The molecule has 0 saturated heterocycles. The molecule has 17 heavy (non-hydrogen) atoms. The highest BCUT2D eigenvalue weighted by Gasteiger charge is 2.31. The predicted octanol–water partition coefficient (Wildman–Crippen LogP) is 1.86. The SMILES string of the molecule is CCOC1CC(CC(Cc2ccco2)NN)C1. The lowest BCUT2D eigenvalue weighted by Gasteiger charge is -2.36. The second kappa shape index (κ2) is 6.19. The van der Waals surface area contributed by atoms with Gasteiger partial charge < -0.3 is 9.15 Å². The van der Waals surface area contributed by atoms with Gasteiger partial charge in [0.2, 0.25) is 0 Å². The van der Waals surface area contributed by atoms with Crippen LogP contribution in [0.15, 0.2) is 22.8 Å². The fraction of sp³-hybridized carbons (Fsp3) is 0.692. The van der Waals surface area contributed by atoms with Gasteiger partial charge >= 0.3 is 0 Å². The molecule has 1 aliphatic rings. The molecule has 1 unspecified atom stereocenters. The Morgan fingerprint density at radius 2 is 2.41 bits per heavy atom. The lowest BCUT2D eigenvalue weighted by molar-refractivity contribution is -0.0291. The number of hydrogen-bond acceptors (Lipinski definition) is 4. The van der Waals surface area contributed by atoms with Gasteiger partial charge in [-0.05, 0) is 44.2 Å². The molecular formula is C13H22N2O2. The molecule has 0 radical (unpaired) electrons. The van der Waals surface area contributed by atoms with Gasteiger partial charge in [0.15, 0.2) is 0 Å². The van der Waals surface area contributed by atoms with Gasteiger partial charge in [-0.1, -0.05) is 0 Å². The minimum absolute atomic E-state index is 0.300. The van der Waals surface area contributed by atoms with Crippen molar-refractivity contribution < 1.29 is 9.15 Å². The number of nitrogens with one attached hydrogen (secondary N) is 1. The molecule has 3 N–H and O–H groups in total. The predicted molar refractivity (Wildman–Crippen MR) is 66.3 cm³/mol. The van der Waals surface area contributed by atoms with Crippen molar-refractivity contribution in [2.24, 2.45) is 11.8 Å². The van der Waals surface area contributed by atoms with E-state index >= 15 is 0 Å². The van der Waals surface area contributed by atoms with Crippen LogP contribution < -0.4 is 11.3 Å². The highest BCUT2D eigenvalue weighted by molar-refractivity contribution is 5.01. The highest BCUT2D eigenvalue weighted by atomic mass is 16.5. The third-order valence-corrected chi connectivity index (χ3v) is 3.48. The van der Waals surface area contributed by atoms with E-state index in [0.29, 0.717) is 12.1 Å². The maximum atomic E-state index is 5.59. The van der Waals surface area contributed by atoms with E-state index < -0.39 is 0 Å². The summed E-state index contributed by atoms with van der Waals surface area (Å²) < 4.78 is 10.9. The molecule has 2 rings (SSSR count). The second-order valence-corrected chi connectivity index (χ2v) is 4.80. The summed E-state index contributed by atoms with van der Waals surface area (Å²) >= 11 is 0. The Bertz CT molecular complexity index is 307. The summed E-state index contributed by atoms with van der Waals surface area (Å²) in [6, 6.07) is 4.21. The summed E-state index contributed by atoms with van der Waals surface area (Å²) in [5, 5.41) is 0. The average molecular weight is 238 g/mol. The molecule has 96 valence electrons. The molecule has 0 spiro atoms. The molecule has 1 aromatic heterocycles. The normalized spacial score (nSPS) is 25.5. The maximum Gasteiger partial charge on any atom is 0.105 e. The fourth-order valence-corrected chi connectivity index (χ4v) is 2.52. The van der Waals surface area contributed by atoms with Crippen molar-refractivity contribution in [1.29, 1.82) is 0 Å². The summed E-state index contributed by atoms with van der Waals surface area (Å²) in [5.74, 6) is 7.32. The molecule has 0 amide bonds. The van der Waals surface area contributed by atoms with E-state index in [9.17, 15) is 0 Å². The molecule has 4 heteroatoms. The summed E-state index contributed by atoms with van der Waals surface area (Å²) in [6.07, 6.45) is 6.48. The minimum Gasteiger partial charge on any atom is -0.469 e. The third-order valence-electron chi connectivity index (χ3n) is 3.48. The van der Waals surface area contributed by atoms with Crippen molar-refractivity contribution in [3.8, 4) is 0 Å². The lowest BCUT2D eigenvalue weighted by atomic mass is 9.77. The quantitative estimate of drug-likeness (QED) is 0.562. The number of ether oxygens (including phenoxy) is 1. The molecular weight excluding hydrogens is 216 g/mol. The van der Waals surface area contributed by atoms with E-state index in [1.54, 1.807) is 6.26 Å². The van der Waals surface area contributed by atoms with Gasteiger partial charge in [0, 0.05) is 19.1 Å². The molecule has 1 fully saturated rings. The third kappa shape index (κ3) is 3.56. The van der Waals surface area contributed by atoms with Crippen LogP contribution in [0.25, 0.3) is 0 Å². The second-order valence-electron chi connectivity index (χ2n) is 4.80. The van der Waals surface area contributed by atoms with Crippen LogP contribution in [0.5, 0.6) is 0 Å². The topological polar surface area (TPSA) is 60.4 Å². The van der Waals surface area contributed by atoms with Crippen molar-refractivity contribution in [2.75, 3.05) is 6.61 Å². The number of nitrogens with two attached hydrogens (primary N) is 1. The van der Waals surface area contributed by atoms with Gasteiger partial charge in [-0.3, -0.25) is 11.3 Å². The fourth-order valence-electron chi connectivity index (χ4n) is 2.52. The molecule has 0 bridgehead atoms. The van der Waals surface area contributed by atoms with Crippen LogP contribution in [0.3, 0.4) is 0 Å². The molecule has 1 aromatic rings. The van der Waals surface area contributed by atoms with Crippen LogP contribution in [-0.2, 0) is 11.2 Å². The van der Waals surface area contributed by atoms with Crippen molar-refractivity contribution in [2.45, 2.75) is 44.8 Å². The number of rotatable bonds is 7. The van der Waals surface area contributed by atoms with Crippen LogP contribution >= 0.6 is 0 Å². The molecule has 1 aliphatic carbocycles. The molecule has 1 heterocycles. The van der Waals surface area contributed by atoms with Crippen LogP contribution in [0, 0.1) is 5.92 Å². The number of hydrazine groups is 1. The smallest absolute Gasteiger partial charge is 0.105 e. The molecule has 4 nitrogen and oxygen atoms in total. The first-order chi connectivity index (χ1) is 8.31. The Labute approximate surface area is 102 Å². The molecule has 0 aromatic carbocycles. The van der Waals surface area contributed by atoms with E-state index in [2.05, 4.69) is 12.3 Å². The first kappa shape index (κ1) is 12.6. The number of furan rings is 1. The summed E-state index contributed by atoms with van der Waals surface area (Å²) in [5.41, 5.74) is 2.89. The van der Waals surface area contributed by atoms with Gasteiger partial charge in [-0.2, -0.15) is 0 Å². The van der Waals surface area contributed by atoms with Crippen LogP contribution in [0.4, 0.5) is 0 Å². The first-order valence-electron chi connectivity index (χ1n) is 6.42. The van der Waals surface area contributed by atoms with Crippen molar-refractivity contribution in [3.05, 3.63) is 24.2 Å². The van der Waals surface area contributed by atoms with Crippen molar-refractivity contribution in [3.63, 3.8) is 0 Å². The molecule has 1 saturated carbocycles. The van der Waals surface area contributed by atoms with Crippen LogP contribution in [0.1, 0.15) is 31.9 Å². The zero-order valence-electron chi connectivity index (χ0n) is 10.4. The van der Waals surface area contributed by atoms with E-state index in [0.717, 1.165) is 31.1 Å². The summed E-state index contributed by atoms with van der Waals surface area (Å²) in [4.78, 5) is 0. The highest BCUT2D eigenvalue weighted by Crippen LogP contribution is 2.33. The maximum absolute atomic E-state index is 5.59. The standard InChI is InChI=1S/C13H22N2O2/c1-2-16-13-7-10(8-13)6-11(15-14)9-12-4-3-5-17-12/h3-5,10-11,13,15H,2,6-9,14H2,1H3. The van der Waals surface area contributed by atoms with Gasteiger partial charge in [-0.15, -0.1) is 0 Å². The Hall–Kier alpha value is -0.840. The average Bonchev–Trinajstić information content (AvgIpc) is 2.77. The lowest BCUT2D eigenvalue weighted by Crippen LogP contribution is -2.42.